The van der Waals surface area contributed by atoms with Crippen molar-refractivity contribution in [3.05, 3.63) is 52.0 Å². The number of benzene rings is 1. The Morgan fingerprint density at radius 2 is 1.96 bits per heavy atom. The first-order valence-corrected chi connectivity index (χ1v) is 11.0. The Kier molecular flexibility index (Phi) is 5.23. The highest BCUT2D eigenvalue weighted by Gasteiger charge is 2.43. The summed E-state index contributed by atoms with van der Waals surface area (Å²) >= 11 is 1.69. The second kappa shape index (κ2) is 7.66. The number of carbonyl (C=O) groups is 2. The molecular formula is C22H27N3O2S. The summed E-state index contributed by atoms with van der Waals surface area (Å²) < 4.78 is 0. The van der Waals surface area contributed by atoms with Gasteiger partial charge >= 0.3 is 0 Å². The monoisotopic (exact) mass is 397 g/mol. The number of likely N-dealkylation sites (tertiary alicyclic amines) is 2. The van der Waals surface area contributed by atoms with E-state index in [0.717, 1.165) is 23.5 Å². The van der Waals surface area contributed by atoms with Crippen LogP contribution in [0.3, 0.4) is 0 Å². The molecule has 1 aromatic carbocycles. The summed E-state index contributed by atoms with van der Waals surface area (Å²) in [6.45, 7) is 6.68. The molecule has 2 aromatic rings. The van der Waals surface area contributed by atoms with Crippen LogP contribution in [0.4, 0.5) is 0 Å². The summed E-state index contributed by atoms with van der Waals surface area (Å²) in [5.41, 5.74) is 2.27. The smallest absolute Gasteiger partial charge is 0.227 e. The first-order valence-electron chi connectivity index (χ1n) is 10.1. The molecule has 2 amide bonds. The summed E-state index contributed by atoms with van der Waals surface area (Å²) in [5, 5.41) is 3.25. The van der Waals surface area contributed by atoms with Gasteiger partial charge < -0.3 is 9.80 Å². The minimum absolute atomic E-state index is 0.106. The Balaban J connectivity index is 1.53. The number of piperidine rings is 1. The molecule has 0 aliphatic carbocycles. The van der Waals surface area contributed by atoms with Crippen molar-refractivity contribution in [2.45, 2.75) is 38.5 Å². The van der Waals surface area contributed by atoms with Gasteiger partial charge in [-0.1, -0.05) is 30.3 Å². The summed E-state index contributed by atoms with van der Waals surface area (Å²) in [7, 11) is 0. The summed E-state index contributed by atoms with van der Waals surface area (Å²) in [6, 6.07) is 10.6. The number of carbonyl (C=O) groups excluding carboxylic acids is 2. The molecule has 2 saturated heterocycles. The van der Waals surface area contributed by atoms with Gasteiger partial charge in [0, 0.05) is 43.4 Å². The molecule has 0 bridgehead atoms. The molecule has 2 aliphatic heterocycles. The molecule has 1 aromatic heterocycles. The van der Waals surface area contributed by atoms with Crippen molar-refractivity contribution in [1.29, 1.82) is 0 Å². The zero-order chi connectivity index (χ0) is 19.7. The van der Waals surface area contributed by atoms with Crippen molar-refractivity contribution in [3.8, 4) is 0 Å². The van der Waals surface area contributed by atoms with E-state index in [-0.39, 0.29) is 23.1 Å². The fraction of sp³-hybridized carbons (Fsp3) is 0.500. The van der Waals surface area contributed by atoms with E-state index in [4.69, 9.17) is 4.98 Å². The molecule has 1 atom stereocenters. The van der Waals surface area contributed by atoms with E-state index in [1.54, 1.807) is 16.2 Å². The predicted molar refractivity (Wildman–Crippen MR) is 110 cm³/mol. The lowest BCUT2D eigenvalue weighted by molar-refractivity contribution is -0.137. The summed E-state index contributed by atoms with van der Waals surface area (Å²) in [6.07, 6.45) is 2.09. The highest BCUT2D eigenvalue weighted by atomic mass is 32.1. The standard InChI is InChI=1S/C22H27N3O2S/c1-3-24-14-17(13-20(24)26)21(27)25-11-9-22(10-12-25,18-7-5-4-6-8-18)19-15-28-16(2)23-19/h4-8,15,17H,3,9-14H2,1-2H3. The van der Waals surface area contributed by atoms with Crippen molar-refractivity contribution in [3.63, 3.8) is 0 Å². The average molecular weight is 398 g/mol. The van der Waals surface area contributed by atoms with Crippen molar-refractivity contribution in [2.24, 2.45) is 5.92 Å². The normalized spacial score (nSPS) is 21.9. The highest BCUT2D eigenvalue weighted by molar-refractivity contribution is 7.09. The van der Waals surface area contributed by atoms with Gasteiger partial charge in [-0.15, -0.1) is 11.3 Å². The maximum Gasteiger partial charge on any atom is 0.227 e. The van der Waals surface area contributed by atoms with Gasteiger partial charge in [0.2, 0.25) is 11.8 Å². The van der Waals surface area contributed by atoms with E-state index >= 15 is 0 Å². The fourth-order valence-electron chi connectivity index (χ4n) is 4.64. The Morgan fingerprint density at radius 1 is 1.25 bits per heavy atom. The SMILES string of the molecule is CCN1CC(C(=O)N2CCC(c3ccccc3)(c3csc(C)n3)CC2)CC1=O. The Bertz CT molecular complexity index is 856. The highest BCUT2D eigenvalue weighted by Crippen LogP contribution is 2.42. The Hall–Kier alpha value is -2.21. The van der Waals surface area contributed by atoms with Crippen LogP contribution in [-0.4, -0.2) is 52.8 Å². The van der Waals surface area contributed by atoms with Crippen LogP contribution in [-0.2, 0) is 15.0 Å². The number of hydrogen-bond donors (Lipinski definition) is 0. The van der Waals surface area contributed by atoms with Gasteiger partial charge in [-0.2, -0.15) is 0 Å². The molecule has 2 aliphatic rings. The number of aromatic nitrogens is 1. The van der Waals surface area contributed by atoms with Crippen LogP contribution in [0.5, 0.6) is 0 Å². The van der Waals surface area contributed by atoms with Crippen LogP contribution >= 0.6 is 11.3 Å². The van der Waals surface area contributed by atoms with Gasteiger partial charge in [0.1, 0.15) is 0 Å². The van der Waals surface area contributed by atoms with Crippen LogP contribution in [0, 0.1) is 12.8 Å². The van der Waals surface area contributed by atoms with E-state index in [2.05, 4.69) is 29.6 Å². The molecule has 1 unspecified atom stereocenters. The maximum atomic E-state index is 13.0. The van der Waals surface area contributed by atoms with Crippen molar-refractivity contribution >= 4 is 23.2 Å². The minimum atomic E-state index is -0.182. The lowest BCUT2D eigenvalue weighted by atomic mass is 9.70. The quantitative estimate of drug-likeness (QED) is 0.796. The molecule has 3 heterocycles. The third-order valence-corrected chi connectivity index (χ3v) is 7.08. The minimum Gasteiger partial charge on any atom is -0.342 e. The molecule has 0 spiro atoms. The van der Waals surface area contributed by atoms with E-state index in [1.807, 2.05) is 24.8 Å². The molecule has 0 saturated carbocycles. The molecule has 5 nitrogen and oxygen atoms in total. The van der Waals surface area contributed by atoms with Crippen molar-refractivity contribution in [1.82, 2.24) is 14.8 Å². The largest absolute Gasteiger partial charge is 0.342 e. The van der Waals surface area contributed by atoms with Crippen molar-refractivity contribution < 1.29 is 9.59 Å². The summed E-state index contributed by atoms with van der Waals surface area (Å²) in [5.74, 6) is 0.0630. The third-order valence-electron chi connectivity index (χ3n) is 6.31. The number of amides is 2. The fourth-order valence-corrected chi connectivity index (χ4v) is 5.35. The van der Waals surface area contributed by atoms with Crippen LogP contribution in [0.15, 0.2) is 35.7 Å². The van der Waals surface area contributed by atoms with Crippen molar-refractivity contribution in [2.75, 3.05) is 26.2 Å². The summed E-state index contributed by atoms with van der Waals surface area (Å²) in [4.78, 5) is 33.6. The van der Waals surface area contributed by atoms with Gasteiger partial charge in [0.15, 0.2) is 0 Å². The average Bonchev–Trinajstić information content (AvgIpc) is 3.34. The topological polar surface area (TPSA) is 53.5 Å². The molecule has 4 rings (SSSR count). The second-order valence-corrected chi connectivity index (χ2v) is 8.92. The van der Waals surface area contributed by atoms with Crippen LogP contribution in [0.2, 0.25) is 0 Å². The van der Waals surface area contributed by atoms with Gasteiger partial charge in [0.25, 0.3) is 0 Å². The Morgan fingerprint density at radius 3 is 2.54 bits per heavy atom. The number of aryl methyl sites for hydroxylation is 1. The molecule has 0 N–H and O–H groups in total. The van der Waals surface area contributed by atoms with Gasteiger partial charge in [0.05, 0.1) is 16.6 Å². The molecule has 2 fully saturated rings. The number of nitrogens with zero attached hydrogens (tertiary/aromatic N) is 3. The van der Waals surface area contributed by atoms with Gasteiger partial charge in [-0.05, 0) is 32.3 Å². The number of hydrogen-bond acceptors (Lipinski definition) is 4. The zero-order valence-corrected chi connectivity index (χ0v) is 17.4. The van der Waals surface area contributed by atoms with Gasteiger partial charge in [-0.25, -0.2) is 4.98 Å². The van der Waals surface area contributed by atoms with Gasteiger partial charge in [-0.3, -0.25) is 9.59 Å². The third kappa shape index (κ3) is 3.34. The first-order chi connectivity index (χ1) is 13.5. The lowest BCUT2D eigenvalue weighted by Crippen LogP contribution is -2.48. The lowest BCUT2D eigenvalue weighted by Gasteiger charge is -2.42. The van der Waals surface area contributed by atoms with Crippen LogP contribution in [0.25, 0.3) is 0 Å². The predicted octanol–water partition coefficient (Wildman–Crippen LogP) is 3.23. The molecule has 0 radical (unpaired) electrons. The molecule has 148 valence electrons. The van der Waals surface area contributed by atoms with E-state index < -0.39 is 0 Å². The van der Waals surface area contributed by atoms with E-state index in [1.165, 1.54) is 5.56 Å². The zero-order valence-electron chi connectivity index (χ0n) is 16.6. The van der Waals surface area contributed by atoms with E-state index in [0.29, 0.717) is 32.6 Å². The van der Waals surface area contributed by atoms with Crippen LogP contribution in [0.1, 0.15) is 42.5 Å². The Labute approximate surface area is 170 Å². The molecular weight excluding hydrogens is 370 g/mol. The van der Waals surface area contributed by atoms with Crippen LogP contribution < -0.4 is 0 Å². The first kappa shape index (κ1) is 19.1. The second-order valence-electron chi connectivity index (χ2n) is 7.86. The molecule has 6 heteroatoms. The number of rotatable bonds is 4. The van der Waals surface area contributed by atoms with E-state index in [9.17, 15) is 9.59 Å². The molecule has 28 heavy (non-hydrogen) atoms. The maximum absolute atomic E-state index is 13.0. The number of thiazole rings is 1.